The molecular formula is C41H51N6Na2O8+. The molecule has 8 N–H and O–H groups in total. The Balaban J connectivity index is -0.000000695. The van der Waals surface area contributed by atoms with Gasteiger partial charge in [0.25, 0.3) is 0 Å². The molecule has 14 nitrogen and oxygen atoms in total. The Bertz CT molecular complexity index is 2070. The van der Waals surface area contributed by atoms with Gasteiger partial charge < -0.3 is 46.9 Å². The maximum atomic E-state index is 9.83. The molecule has 0 aliphatic rings. The number of hydrogen-bond donors (Lipinski definition) is 6. The molecule has 0 unspecified atom stereocenters. The van der Waals surface area contributed by atoms with Crippen LogP contribution in [0.5, 0.6) is 28.7 Å². The second kappa shape index (κ2) is 28.6. The molecule has 0 heterocycles. The minimum atomic E-state index is 0. The van der Waals surface area contributed by atoms with Crippen molar-refractivity contribution in [1.82, 2.24) is 0 Å². The van der Waals surface area contributed by atoms with Crippen LogP contribution in [-0.2, 0) is 0 Å². The number of nitrogen functional groups attached to an aromatic ring is 1. The summed E-state index contributed by atoms with van der Waals surface area (Å²) >= 11 is 0. The average Bonchev–Trinajstić information content (AvgIpc) is 3.11. The molecule has 0 amide bonds. The van der Waals surface area contributed by atoms with E-state index in [1.165, 1.54) is 17.7 Å². The van der Waals surface area contributed by atoms with E-state index in [1.807, 2.05) is 59.7 Å². The third kappa shape index (κ3) is 20.3. The number of azo groups is 1. The Labute approximate surface area is 378 Å². The molecule has 0 fully saturated rings. The van der Waals surface area contributed by atoms with Gasteiger partial charge >= 0.3 is 64.8 Å². The van der Waals surface area contributed by atoms with Crippen LogP contribution >= 0.6 is 0 Å². The van der Waals surface area contributed by atoms with Crippen LogP contribution in [0.4, 0.5) is 22.7 Å². The van der Waals surface area contributed by atoms with E-state index in [0.29, 0.717) is 40.0 Å². The van der Waals surface area contributed by atoms with Crippen LogP contribution < -0.4 is 64.8 Å². The van der Waals surface area contributed by atoms with E-state index in [9.17, 15) is 15.3 Å². The van der Waals surface area contributed by atoms with Crippen molar-refractivity contribution in [1.29, 1.82) is 5.39 Å². The number of phenolic OH excluding ortho intramolecular Hbond substituents is 5. The van der Waals surface area contributed by atoms with E-state index in [2.05, 4.69) is 35.1 Å². The van der Waals surface area contributed by atoms with Crippen LogP contribution in [0.3, 0.4) is 0 Å². The molecule has 0 saturated heterocycles. The molecule has 5 aromatic carbocycles. The molecule has 0 aliphatic heterocycles. The zero-order valence-electron chi connectivity index (χ0n) is 34.6. The fraction of sp³-hybridized carbons (Fsp3) is 0.268. The fourth-order valence-corrected chi connectivity index (χ4v) is 4.43. The minimum Gasteiger partial charge on any atom is -0.870 e. The topological polar surface area (TPSA) is 263 Å². The second-order valence-electron chi connectivity index (χ2n) is 12.9. The van der Waals surface area contributed by atoms with Crippen LogP contribution in [0, 0.1) is 50.1 Å². The average molecular weight is 802 g/mol. The molecule has 0 radical (unpaired) electrons. The summed E-state index contributed by atoms with van der Waals surface area (Å²) in [4.78, 5) is 11.0. The first-order chi connectivity index (χ1) is 25.3. The quantitative estimate of drug-likeness (QED) is 0.0248. The molecule has 0 aromatic heterocycles. The van der Waals surface area contributed by atoms with Gasteiger partial charge in [-0.3, -0.25) is 0 Å². The predicted octanol–water partition coefficient (Wildman–Crippen LogP) is 5.63. The smallest absolute Gasteiger partial charge is 0.870 e. The first-order valence-electron chi connectivity index (χ1n) is 16.8. The van der Waals surface area contributed by atoms with Crippen LogP contribution in [0.1, 0.15) is 78.5 Å². The van der Waals surface area contributed by atoms with Gasteiger partial charge in [-0.05, 0) is 146 Å². The number of anilines is 1. The summed E-state index contributed by atoms with van der Waals surface area (Å²) in [6, 6.07) is 24.1. The van der Waals surface area contributed by atoms with Crippen molar-refractivity contribution in [2.45, 2.75) is 74.1 Å². The molecule has 57 heavy (non-hydrogen) atoms. The standard InChI is InChI=1S/C17H20N2O2.C10H14O.C7H6N2O.C7H9NO.HNO2.2Na.H2O/c1-10(2)14-9-17(21)12(4)8-15(14)19-18-13-5-6-16(20)11(3)7-13;1-7(2)9-5-4-8(3)10(11)6-9;1-5-4-6(9-8)2-3-7(5)10;1-5-4-6(8)2-3-7(5)9;2-1-3;;;/h5-10,20-21H,1-4H3;4-7,11H,1-3H3;2-4H,1H3;2-4,9H,8H2,1H3;(H,2,3);;;1H2/q;;;;;2*+1;/p-1. The number of nitrogens with two attached hydrogens (primary N) is 1. The Hall–Kier alpha value is -4.72. The number of aryl methyl sites for hydroxylation is 5. The number of aromatic hydroxyl groups is 5. The Morgan fingerprint density at radius 3 is 1.51 bits per heavy atom. The van der Waals surface area contributed by atoms with E-state index in [1.54, 1.807) is 55.5 Å². The van der Waals surface area contributed by atoms with Crippen molar-refractivity contribution in [3.8, 4) is 28.7 Å². The number of phenols is 5. The van der Waals surface area contributed by atoms with Crippen LogP contribution in [-0.4, -0.2) is 31.0 Å². The summed E-state index contributed by atoms with van der Waals surface area (Å²) in [7, 11) is 0. The molecule has 5 aromatic rings. The van der Waals surface area contributed by atoms with E-state index >= 15 is 0 Å². The molecule has 16 heteroatoms. The zero-order valence-corrected chi connectivity index (χ0v) is 38.6. The minimum absolute atomic E-state index is 0. The predicted molar refractivity (Wildman–Crippen MR) is 217 cm³/mol. The van der Waals surface area contributed by atoms with Gasteiger partial charge in [-0.2, -0.15) is 10.2 Å². The molecule has 0 atom stereocenters. The molecule has 0 spiro atoms. The third-order valence-corrected chi connectivity index (χ3v) is 7.84. The molecular weight excluding hydrogens is 750 g/mol. The van der Waals surface area contributed by atoms with Crippen LogP contribution in [0.15, 0.2) is 100 Å². The molecule has 0 aliphatic carbocycles. The largest absolute Gasteiger partial charge is 1.00 e. The number of diazo groups is 1. The zero-order chi connectivity index (χ0) is 41.1. The number of nitrogens with zero attached hydrogens (tertiary/aromatic N) is 5. The van der Waals surface area contributed by atoms with Gasteiger partial charge in [-0.15, -0.1) is 5.34 Å². The maximum absolute atomic E-state index is 9.83. The summed E-state index contributed by atoms with van der Waals surface area (Å²) in [5.41, 5.74) is 14.1. The summed E-state index contributed by atoms with van der Waals surface area (Å²) in [6.45, 7) is 17.4. The number of benzene rings is 5. The van der Waals surface area contributed by atoms with Crippen molar-refractivity contribution in [2.75, 3.05) is 5.73 Å². The van der Waals surface area contributed by atoms with Gasteiger partial charge in [-0.25, -0.2) is 0 Å². The first-order valence-corrected chi connectivity index (χ1v) is 16.8. The van der Waals surface area contributed by atoms with Gasteiger partial charge in [0.2, 0.25) is 5.39 Å². The molecule has 294 valence electrons. The third-order valence-electron chi connectivity index (χ3n) is 7.84. The van der Waals surface area contributed by atoms with E-state index in [0.717, 1.165) is 38.8 Å². The fourth-order valence-electron chi connectivity index (χ4n) is 4.43. The van der Waals surface area contributed by atoms with E-state index < -0.39 is 0 Å². The van der Waals surface area contributed by atoms with Gasteiger partial charge in [-0.1, -0.05) is 39.8 Å². The summed E-state index contributed by atoms with van der Waals surface area (Å²) in [5.74, 6) is 2.16. The van der Waals surface area contributed by atoms with Crippen molar-refractivity contribution >= 4 is 22.7 Å². The Morgan fingerprint density at radius 2 is 1.07 bits per heavy atom. The molecule has 0 saturated carbocycles. The SMILES string of the molecule is Cc1cc(N)ccc1O.Cc1cc(N=Nc2cc(C)c(O)cc2C(C)C)ccc1O.Cc1cc([N+]#N)ccc1O.Cc1ccc(C(C)C)cc1O.O=N[O-].[Na+].[Na+].[OH-]. The number of rotatable bonds is 4. The molecule has 5 rings (SSSR count). The van der Waals surface area contributed by atoms with Gasteiger partial charge in [0.1, 0.15) is 28.7 Å². The van der Waals surface area contributed by atoms with Gasteiger partial charge in [0.05, 0.1) is 11.4 Å². The summed E-state index contributed by atoms with van der Waals surface area (Å²) < 4.78 is 0. The van der Waals surface area contributed by atoms with Crippen LogP contribution in [0.25, 0.3) is 4.98 Å². The van der Waals surface area contributed by atoms with Gasteiger partial charge in [0, 0.05) is 17.8 Å². The van der Waals surface area contributed by atoms with Gasteiger partial charge in [0.15, 0.2) is 4.98 Å². The first kappa shape index (κ1) is 56.6. The van der Waals surface area contributed by atoms with E-state index in [-0.39, 0.29) is 87.8 Å². The summed E-state index contributed by atoms with van der Waals surface area (Å²) in [6.07, 6.45) is 0. The molecule has 0 bridgehead atoms. The second-order valence-corrected chi connectivity index (χ2v) is 12.9. The van der Waals surface area contributed by atoms with Crippen molar-refractivity contribution in [2.24, 2.45) is 15.6 Å². The van der Waals surface area contributed by atoms with Crippen molar-refractivity contribution in [3.63, 3.8) is 0 Å². The van der Waals surface area contributed by atoms with Crippen molar-refractivity contribution in [3.05, 3.63) is 139 Å². The Kier molecular flexibility index (Phi) is 28.4. The number of hydrogen-bond acceptors (Lipinski definition) is 13. The van der Waals surface area contributed by atoms with E-state index in [4.69, 9.17) is 31.5 Å². The summed E-state index contributed by atoms with van der Waals surface area (Å²) in [5, 5.41) is 72.5. The van der Waals surface area contributed by atoms with Crippen molar-refractivity contribution < 1.29 is 90.1 Å². The normalized spacial score (nSPS) is 9.51. The van der Waals surface area contributed by atoms with Crippen LogP contribution in [0.2, 0.25) is 0 Å². The Morgan fingerprint density at radius 1 is 0.596 bits per heavy atom. The maximum Gasteiger partial charge on any atom is 1.00 e. The monoisotopic (exact) mass is 801 g/mol.